The Labute approximate surface area is 166 Å². The van der Waals surface area contributed by atoms with Crippen molar-refractivity contribution < 1.29 is 13.2 Å². The summed E-state index contributed by atoms with van der Waals surface area (Å²) in [5.74, 6) is -0.610. The van der Waals surface area contributed by atoms with Crippen LogP contribution in [0.5, 0.6) is 0 Å². The zero-order valence-corrected chi connectivity index (χ0v) is 17.6. The Morgan fingerprint density at radius 1 is 1.04 bits per heavy atom. The molecular weight excluding hydrogens is 428 g/mol. The van der Waals surface area contributed by atoms with E-state index in [1.54, 1.807) is 24.3 Å². The number of halogens is 1. The van der Waals surface area contributed by atoms with Crippen molar-refractivity contribution in [1.82, 2.24) is 4.98 Å². The van der Waals surface area contributed by atoms with Crippen LogP contribution >= 0.6 is 15.9 Å². The smallest absolute Gasteiger partial charge is 0.245 e. The molecule has 27 heavy (non-hydrogen) atoms. The summed E-state index contributed by atoms with van der Waals surface area (Å²) in [7, 11) is -3.89. The summed E-state index contributed by atoms with van der Waals surface area (Å²) in [5, 5.41) is 3.62. The Balaban J connectivity index is 1.98. The Morgan fingerprint density at radius 2 is 1.70 bits per heavy atom. The monoisotopic (exact) mass is 446 g/mol. The predicted octanol–water partition coefficient (Wildman–Crippen LogP) is 4.50. The molecule has 0 atom stereocenters. The molecule has 0 aliphatic rings. The largest absolute Gasteiger partial charge is 0.323 e. The highest BCUT2D eigenvalue weighted by Crippen LogP contribution is 2.29. The summed E-state index contributed by atoms with van der Waals surface area (Å²) in [6, 6.07) is 15.4. The number of aromatic nitrogens is 1. The molecule has 3 rings (SSSR count). The molecule has 5 nitrogen and oxygen atoms in total. The number of pyridine rings is 1. The van der Waals surface area contributed by atoms with Gasteiger partial charge in [0.15, 0.2) is 9.84 Å². The van der Waals surface area contributed by atoms with Gasteiger partial charge in [0, 0.05) is 15.6 Å². The third-order valence-corrected chi connectivity index (χ3v) is 7.40. The normalized spacial score (nSPS) is 12.1. The van der Waals surface area contributed by atoms with Gasteiger partial charge in [-0.2, -0.15) is 0 Å². The fraction of sp³-hybridized carbons (Fsp3) is 0.200. The number of carbonyl (C=O) groups is 1. The second-order valence-electron chi connectivity index (χ2n) is 6.75. The average Bonchev–Trinajstić information content (AvgIpc) is 2.62. The molecule has 0 saturated heterocycles. The van der Waals surface area contributed by atoms with Gasteiger partial charge < -0.3 is 5.32 Å². The number of aryl methyl sites for hydroxylation is 1. The summed E-state index contributed by atoms with van der Waals surface area (Å²) in [6.07, 6.45) is 0. The van der Waals surface area contributed by atoms with Gasteiger partial charge in [-0.1, -0.05) is 34.1 Å². The van der Waals surface area contributed by atoms with Crippen LogP contribution in [0.25, 0.3) is 10.9 Å². The van der Waals surface area contributed by atoms with Gasteiger partial charge in [-0.05, 0) is 57.2 Å². The minimum absolute atomic E-state index is 0.0951. The van der Waals surface area contributed by atoms with Crippen LogP contribution in [-0.4, -0.2) is 24.1 Å². The van der Waals surface area contributed by atoms with Crippen LogP contribution in [0.4, 0.5) is 5.69 Å². The average molecular weight is 447 g/mol. The van der Waals surface area contributed by atoms with Crippen molar-refractivity contribution in [3.8, 4) is 0 Å². The van der Waals surface area contributed by atoms with E-state index in [4.69, 9.17) is 0 Å². The molecule has 3 aromatic rings. The topological polar surface area (TPSA) is 76.1 Å². The van der Waals surface area contributed by atoms with Gasteiger partial charge in [0.05, 0.1) is 16.1 Å². The van der Waals surface area contributed by atoms with Crippen molar-refractivity contribution in [2.45, 2.75) is 30.4 Å². The number of nitrogens with one attached hydrogen (secondary N) is 1. The van der Waals surface area contributed by atoms with Crippen LogP contribution in [0.1, 0.15) is 19.5 Å². The lowest BCUT2D eigenvalue weighted by Crippen LogP contribution is -2.44. The van der Waals surface area contributed by atoms with E-state index in [1.165, 1.54) is 26.0 Å². The molecule has 1 N–H and O–H groups in total. The van der Waals surface area contributed by atoms with Gasteiger partial charge in [-0.3, -0.25) is 9.78 Å². The van der Waals surface area contributed by atoms with Gasteiger partial charge in [0.25, 0.3) is 0 Å². The van der Waals surface area contributed by atoms with E-state index in [2.05, 4.69) is 26.2 Å². The van der Waals surface area contributed by atoms with E-state index in [1.807, 2.05) is 25.1 Å². The van der Waals surface area contributed by atoms with Crippen LogP contribution in [0.15, 0.2) is 64.0 Å². The zero-order valence-electron chi connectivity index (χ0n) is 15.2. The molecule has 0 bridgehead atoms. The van der Waals surface area contributed by atoms with Gasteiger partial charge in [0.2, 0.25) is 5.91 Å². The quantitative estimate of drug-likeness (QED) is 0.639. The summed E-state index contributed by atoms with van der Waals surface area (Å²) in [5.41, 5.74) is 1.92. The van der Waals surface area contributed by atoms with Crippen molar-refractivity contribution in [2.24, 2.45) is 0 Å². The number of amides is 1. The first-order valence-electron chi connectivity index (χ1n) is 8.31. The van der Waals surface area contributed by atoms with Gasteiger partial charge in [0.1, 0.15) is 4.75 Å². The number of para-hydroxylation sites is 1. The molecule has 140 valence electrons. The SMILES string of the molecule is Cc1ccc2cccc(NC(=O)C(C)(C)S(=O)(=O)c3ccc(Br)cc3)c2n1. The number of hydrogen-bond donors (Lipinski definition) is 1. The number of nitrogens with zero attached hydrogens (tertiary/aromatic N) is 1. The van der Waals surface area contributed by atoms with E-state index < -0.39 is 20.5 Å². The van der Waals surface area contributed by atoms with Crippen LogP contribution < -0.4 is 5.32 Å². The Hall–Kier alpha value is -2.25. The maximum Gasteiger partial charge on any atom is 0.245 e. The van der Waals surface area contributed by atoms with Crippen LogP contribution in [0.2, 0.25) is 0 Å². The minimum Gasteiger partial charge on any atom is -0.323 e. The molecule has 0 radical (unpaired) electrons. The lowest BCUT2D eigenvalue weighted by atomic mass is 10.1. The van der Waals surface area contributed by atoms with Gasteiger partial charge in [-0.15, -0.1) is 0 Å². The molecule has 2 aromatic carbocycles. The number of sulfone groups is 1. The number of anilines is 1. The van der Waals surface area contributed by atoms with Crippen molar-refractivity contribution in [2.75, 3.05) is 5.32 Å². The van der Waals surface area contributed by atoms with E-state index >= 15 is 0 Å². The summed E-state index contributed by atoms with van der Waals surface area (Å²) >= 11 is 3.28. The summed E-state index contributed by atoms with van der Waals surface area (Å²) in [6.45, 7) is 4.67. The lowest BCUT2D eigenvalue weighted by molar-refractivity contribution is -0.117. The molecule has 0 aliphatic carbocycles. The number of rotatable bonds is 4. The highest BCUT2D eigenvalue weighted by molar-refractivity contribution is 9.10. The number of benzene rings is 2. The molecule has 0 saturated carbocycles. The molecule has 7 heteroatoms. The van der Waals surface area contributed by atoms with Crippen molar-refractivity contribution in [3.05, 3.63) is 64.8 Å². The third-order valence-electron chi connectivity index (χ3n) is 4.45. The zero-order chi connectivity index (χ0) is 19.8. The van der Waals surface area contributed by atoms with Crippen molar-refractivity contribution in [3.63, 3.8) is 0 Å². The highest BCUT2D eigenvalue weighted by Gasteiger charge is 2.43. The Morgan fingerprint density at radius 3 is 2.37 bits per heavy atom. The highest BCUT2D eigenvalue weighted by atomic mass is 79.9. The minimum atomic E-state index is -3.89. The molecule has 0 aliphatic heterocycles. The van der Waals surface area contributed by atoms with Crippen LogP contribution in [0.3, 0.4) is 0 Å². The van der Waals surface area contributed by atoms with Crippen LogP contribution in [0, 0.1) is 6.92 Å². The number of hydrogen-bond acceptors (Lipinski definition) is 4. The summed E-state index contributed by atoms with van der Waals surface area (Å²) < 4.78 is 25.2. The molecule has 1 heterocycles. The molecule has 1 amide bonds. The van der Waals surface area contributed by atoms with Crippen molar-refractivity contribution >= 4 is 48.3 Å². The number of fused-ring (bicyclic) bond motifs is 1. The maximum absolute atomic E-state index is 13.0. The van der Waals surface area contributed by atoms with E-state index in [-0.39, 0.29) is 4.90 Å². The lowest BCUT2D eigenvalue weighted by Gasteiger charge is -2.24. The third kappa shape index (κ3) is 3.61. The molecular formula is C20H19BrN2O3S. The Kier molecular flexibility index (Phi) is 5.10. The maximum atomic E-state index is 13.0. The first-order chi connectivity index (χ1) is 12.6. The summed E-state index contributed by atoms with van der Waals surface area (Å²) in [4.78, 5) is 17.5. The fourth-order valence-electron chi connectivity index (χ4n) is 2.65. The van der Waals surface area contributed by atoms with E-state index in [9.17, 15) is 13.2 Å². The predicted molar refractivity (Wildman–Crippen MR) is 111 cm³/mol. The standard InChI is InChI=1S/C20H19BrN2O3S/c1-13-7-8-14-5-4-6-17(18(14)22-13)23-19(24)20(2,3)27(25,26)16-11-9-15(21)10-12-16/h4-12H,1-3H3,(H,23,24). The Bertz CT molecular complexity index is 1120. The second kappa shape index (κ2) is 7.05. The molecule has 0 spiro atoms. The fourth-order valence-corrected chi connectivity index (χ4v) is 4.29. The molecule has 0 fully saturated rings. The van der Waals surface area contributed by atoms with E-state index in [0.717, 1.165) is 15.6 Å². The van der Waals surface area contributed by atoms with Gasteiger partial charge in [-0.25, -0.2) is 8.42 Å². The van der Waals surface area contributed by atoms with Gasteiger partial charge >= 0.3 is 0 Å². The van der Waals surface area contributed by atoms with Crippen molar-refractivity contribution in [1.29, 1.82) is 0 Å². The number of carbonyl (C=O) groups excluding carboxylic acids is 1. The second-order valence-corrected chi connectivity index (χ2v) is 10.2. The first kappa shape index (κ1) is 19.5. The molecule has 1 aromatic heterocycles. The van der Waals surface area contributed by atoms with E-state index in [0.29, 0.717) is 11.2 Å². The first-order valence-corrected chi connectivity index (χ1v) is 10.6. The molecule has 0 unspecified atom stereocenters. The van der Waals surface area contributed by atoms with Crippen LogP contribution in [-0.2, 0) is 14.6 Å².